The number of rotatable bonds is 4. The van der Waals surface area contributed by atoms with Gasteiger partial charge in [0, 0.05) is 29.8 Å². The fourth-order valence-electron chi connectivity index (χ4n) is 1.63. The van der Waals surface area contributed by atoms with Crippen molar-refractivity contribution in [2.45, 2.75) is 39.3 Å². The van der Waals surface area contributed by atoms with E-state index in [1.807, 2.05) is 13.8 Å². The maximum Gasteiger partial charge on any atom is 0.134 e. The highest BCUT2D eigenvalue weighted by molar-refractivity contribution is 5.36. The zero-order valence-electron chi connectivity index (χ0n) is 9.72. The van der Waals surface area contributed by atoms with E-state index in [1.54, 1.807) is 6.92 Å². The minimum Gasteiger partial charge on any atom is -0.507 e. The van der Waals surface area contributed by atoms with Crippen LogP contribution < -0.4 is 5.32 Å². The quantitative estimate of drug-likeness (QED) is 0.831. The predicted octanol–water partition coefficient (Wildman–Crippen LogP) is 3.12. The van der Waals surface area contributed by atoms with Gasteiger partial charge >= 0.3 is 0 Å². The van der Waals surface area contributed by atoms with Crippen LogP contribution in [0, 0.1) is 11.6 Å². The normalized spacial score (nSPS) is 14.8. The maximum atomic E-state index is 13.5. The molecule has 2 N–H and O–H groups in total. The molecule has 2 nitrogen and oxygen atoms in total. The smallest absolute Gasteiger partial charge is 0.134 e. The van der Waals surface area contributed by atoms with Gasteiger partial charge in [-0.3, -0.25) is 0 Å². The summed E-state index contributed by atoms with van der Waals surface area (Å²) >= 11 is 0. The number of hydrogen-bond donors (Lipinski definition) is 2. The van der Waals surface area contributed by atoms with Crippen LogP contribution in [0.4, 0.5) is 8.78 Å². The highest BCUT2D eigenvalue weighted by Crippen LogP contribution is 2.28. The van der Waals surface area contributed by atoms with Crippen LogP contribution in [0.1, 0.15) is 38.8 Å². The molecule has 0 aliphatic heterocycles. The van der Waals surface area contributed by atoms with Gasteiger partial charge in [-0.15, -0.1) is 0 Å². The van der Waals surface area contributed by atoms with Gasteiger partial charge in [0.2, 0.25) is 0 Å². The molecule has 2 unspecified atom stereocenters. The number of nitrogens with one attached hydrogen (secondary N) is 1. The van der Waals surface area contributed by atoms with Crippen LogP contribution in [-0.4, -0.2) is 11.1 Å². The van der Waals surface area contributed by atoms with Gasteiger partial charge in [-0.1, -0.05) is 6.92 Å². The summed E-state index contributed by atoms with van der Waals surface area (Å²) in [7, 11) is 0. The first-order valence-electron chi connectivity index (χ1n) is 5.39. The third-order valence-corrected chi connectivity index (χ3v) is 2.65. The second-order valence-electron chi connectivity index (χ2n) is 4.02. The lowest BCUT2D eigenvalue weighted by molar-refractivity contribution is 0.410. The second-order valence-corrected chi connectivity index (χ2v) is 4.02. The van der Waals surface area contributed by atoms with E-state index in [2.05, 4.69) is 5.32 Å². The fourth-order valence-corrected chi connectivity index (χ4v) is 1.63. The number of aromatic hydroxyl groups is 1. The second kappa shape index (κ2) is 5.25. The number of halogens is 2. The van der Waals surface area contributed by atoms with Crippen molar-refractivity contribution in [2.75, 3.05) is 0 Å². The van der Waals surface area contributed by atoms with E-state index >= 15 is 0 Å². The molecule has 0 heterocycles. The molecular weight excluding hydrogens is 212 g/mol. The summed E-state index contributed by atoms with van der Waals surface area (Å²) in [6, 6.07) is 1.56. The van der Waals surface area contributed by atoms with Gasteiger partial charge in [-0.25, -0.2) is 8.78 Å². The Morgan fingerprint density at radius 2 is 1.94 bits per heavy atom. The van der Waals surface area contributed by atoms with Crippen LogP contribution in [0.15, 0.2) is 12.1 Å². The van der Waals surface area contributed by atoms with Crippen molar-refractivity contribution in [3.8, 4) is 5.75 Å². The number of phenols is 1. The van der Waals surface area contributed by atoms with E-state index < -0.39 is 11.6 Å². The summed E-state index contributed by atoms with van der Waals surface area (Å²) in [5.74, 6) is -1.84. The first kappa shape index (κ1) is 12.9. The van der Waals surface area contributed by atoms with E-state index in [0.717, 1.165) is 18.6 Å². The van der Waals surface area contributed by atoms with Crippen molar-refractivity contribution in [1.82, 2.24) is 5.32 Å². The Morgan fingerprint density at radius 3 is 2.44 bits per heavy atom. The van der Waals surface area contributed by atoms with Crippen molar-refractivity contribution in [3.05, 3.63) is 29.3 Å². The van der Waals surface area contributed by atoms with E-state index in [1.165, 1.54) is 0 Å². The zero-order valence-corrected chi connectivity index (χ0v) is 9.72. The molecule has 0 saturated carbocycles. The molecule has 4 heteroatoms. The lowest BCUT2D eigenvalue weighted by Gasteiger charge is -2.20. The lowest BCUT2D eigenvalue weighted by Crippen LogP contribution is -2.28. The van der Waals surface area contributed by atoms with E-state index in [4.69, 9.17) is 0 Å². The summed E-state index contributed by atoms with van der Waals surface area (Å²) in [5.41, 5.74) is 0.113. The van der Waals surface area contributed by atoms with Gasteiger partial charge in [-0.2, -0.15) is 0 Å². The fraction of sp³-hybridized carbons (Fsp3) is 0.500. The van der Waals surface area contributed by atoms with Crippen molar-refractivity contribution in [1.29, 1.82) is 0 Å². The zero-order chi connectivity index (χ0) is 12.3. The lowest BCUT2D eigenvalue weighted by atomic mass is 10.0. The highest BCUT2D eigenvalue weighted by atomic mass is 19.1. The molecule has 0 amide bonds. The third kappa shape index (κ3) is 2.92. The van der Waals surface area contributed by atoms with E-state index in [-0.39, 0.29) is 23.4 Å². The Morgan fingerprint density at radius 1 is 1.31 bits per heavy atom. The van der Waals surface area contributed by atoms with E-state index in [9.17, 15) is 13.9 Å². The molecule has 0 spiro atoms. The average Bonchev–Trinajstić information content (AvgIpc) is 2.15. The summed E-state index contributed by atoms with van der Waals surface area (Å²) in [6.45, 7) is 5.71. The predicted molar refractivity (Wildman–Crippen MR) is 59.3 cm³/mol. The highest BCUT2D eigenvalue weighted by Gasteiger charge is 2.18. The Kier molecular flexibility index (Phi) is 4.24. The Bertz CT molecular complexity index is 345. The number of benzene rings is 1. The average molecular weight is 229 g/mol. The summed E-state index contributed by atoms with van der Waals surface area (Å²) < 4.78 is 26.3. The van der Waals surface area contributed by atoms with Crippen molar-refractivity contribution >= 4 is 0 Å². The molecule has 90 valence electrons. The molecule has 0 aromatic heterocycles. The SMILES string of the molecule is CCC(C)NC(C)c1c(O)cc(F)cc1F. The molecular formula is C12H17F2NO. The molecule has 16 heavy (non-hydrogen) atoms. The largest absolute Gasteiger partial charge is 0.507 e. The molecule has 0 fully saturated rings. The van der Waals surface area contributed by atoms with Gasteiger partial charge in [-0.05, 0) is 20.3 Å². The molecule has 1 aromatic rings. The molecule has 1 rings (SSSR count). The van der Waals surface area contributed by atoms with Crippen molar-refractivity contribution in [2.24, 2.45) is 0 Å². The standard InChI is InChI=1S/C12H17F2NO/c1-4-7(2)15-8(3)12-10(14)5-9(13)6-11(12)16/h5-8,15-16H,4H2,1-3H3. The van der Waals surface area contributed by atoms with Crippen LogP contribution in [0.2, 0.25) is 0 Å². The van der Waals surface area contributed by atoms with Gasteiger partial charge in [0.1, 0.15) is 17.4 Å². The van der Waals surface area contributed by atoms with Gasteiger partial charge < -0.3 is 10.4 Å². The minimum absolute atomic E-state index is 0.113. The summed E-state index contributed by atoms with van der Waals surface area (Å²) in [5, 5.41) is 12.6. The van der Waals surface area contributed by atoms with Crippen molar-refractivity contribution in [3.63, 3.8) is 0 Å². The maximum absolute atomic E-state index is 13.5. The minimum atomic E-state index is -0.769. The summed E-state index contributed by atoms with van der Waals surface area (Å²) in [4.78, 5) is 0. The molecule has 0 saturated heterocycles. The Balaban J connectivity index is 2.95. The van der Waals surface area contributed by atoms with Gasteiger partial charge in [0.25, 0.3) is 0 Å². The first-order valence-corrected chi connectivity index (χ1v) is 5.39. The van der Waals surface area contributed by atoms with Crippen LogP contribution in [0.25, 0.3) is 0 Å². The molecule has 0 radical (unpaired) electrons. The van der Waals surface area contributed by atoms with Crippen LogP contribution in [0.3, 0.4) is 0 Å². The van der Waals surface area contributed by atoms with Gasteiger partial charge in [0.05, 0.1) is 0 Å². The molecule has 0 aliphatic carbocycles. The monoisotopic (exact) mass is 229 g/mol. The summed E-state index contributed by atoms with van der Waals surface area (Å²) in [6.07, 6.45) is 0.897. The van der Waals surface area contributed by atoms with Crippen LogP contribution in [-0.2, 0) is 0 Å². The third-order valence-electron chi connectivity index (χ3n) is 2.65. The van der Waals surface area contributed by atoms with Crippen LogP contribution in [0.5, 0.6) is 5.75 Å². The topological polar surface area (TPSA) is 32.3 Å². The Hall–Kier alpha value is -1.16. The van der Waals surface area contributed by atoms with Crippen LogP contribution >= 0.6 is 0 Å². The number of hydrogen-bond acceptors (Lipinski definition) is 2. The van der Waals surface area contributed by atoms with E-state index in [0.29, 0.717) is 0 Å². The van der Waals surface area contributed by atoms with Crippen molar-refractivity contribution < 1.29 is 13.9 Å². The Labute approximate surface area is 94.3 Å². The number of phenolic OH excluding ortho intramolecular Hbond substituents is 1. The molecule has 0 bridgehead atoms. The molecule has 0 aliphatic rings. The molecule has 2 atom stereocenters. The first-order chi connectivity index (χ1) is 7.45. The molecule has 1 aromatic carbocycles. The van der Waals surface area contributed by atoms with Gasteiger partial charge in [0.15, 0.2) is 0 Å².